The Bertz CT molecular complexity index is 153. The van der Waals surface area contributed by atoms with Crippen LogP contribution in [-0.4, -0.2) is 55.0 Å². The van der Waals surface area contributed by atoms with E-state index in [1.165, 1.54) is 0 Å². The van der Waals surface area contributed by atoms with Crippen LogP contribution in [0.25, 0.3) is 0 Å². The molecule has 0 spiro atoms. The van der Waals surface area contributed by atoms with Crippen LogP contribution in [0, 0.1) is 0 Å². The van der Waals surface area contributed by atoms with Crippen molar-refractivity contribution in [3.8, 4) is 0 Å². The molecule has 1 fully saturated rings. The van der Waals surface area contributed by atoms with E-state index in [-0.39, 0.29) is 12.5 Å². The molecule has 0 bridgehead atoms. The maximum atomic E-state index is 11.1. The van der Waals surface area contributed by atoms with Gasteiger partial charge in [-0.3, -0.25) is 4.79 Å². The van der Waals surface area contributed by atoms with Crippen molar-refractivity contribution in [1.82, 2.24) is 9.80 Å². The Hall–Kier alpha value is -0.610. The van der Waals surface area contributed by atoms with Gasteiger partial charge in [-0.2, -0.15) is 0 Å². The molecule has 0 aromatic carbocycles. The zero-order chi connectivity index (χ0) is 11.0. The first-order valence-corrected chi connectivity index (χ1v) is 5.48. The Kier molecular flexibility index (Phi) is 7.42. The van der Waals surface area contributed by atoms with E-state index >= 15 is 0 Å². The number of carbonyl (C=O) groups excluding carboxylic acids is 1. The molecule has 0 aromatic rings. The summed E-state index contributed by atoms with van der Waals surface area (Å²) in [5, 5.41) is 0. The van der Waals surface area contributed by atoms with Crippen molar-refractivity contribution < 1.29 is 4.79 Å². The Morgan fingerprint density at radius 3 is 2.07 bits per heavy atom. The van der Waals surface area contributed by atoms with Crippen LogP contribution in [0.15, 0.2) is 0 Å². The number of amides is 1. The fourth-order valence-electron chi connectivity index (χ4n) is 1.44. The Morgan fingerprint density at radius 1 is 1.21 bits per heavy atom. The van der Waals surface area contributed by atoms with Crippen LogP contribution in [0.1, 0.15) is 20.8 Å². The molecule has 1 heterocycles. The summed E-state index contributed by atoms with van der Waals surface area (Å²) in [5.74, 6) is 0.0748. The van der Waals surface area contributed by atoms with Gasteiger partial charge in [-0.15, -0.1) is 0 Å². The van der Waals surface area contributed by atoms with E-state index < -0.39 is 0 Å². The second kappa shape index (κ2) is 7.76. The van der Waals surface area contributed by atoms with Crippen molar-refractivity contribution in [2.24, 2.45) is 5.73 Å². The summed E-state index contributed by atoms with van der Waals surface area (Å²) in [6, 6.07) is 0. The molecule has 4 heteroatoms. The minimum absolute atomic E-state index is 0.0748. The smallest absolute Gasteiger partial charge is 0.236 e. The van der Waals surface area contributed by atoms with Crippen molar-refractivity contribution in [1.29, 1.82) is 0 Å². The molecule has 84 valence electrons. The molecule has 0 radical (unpaired) electrons. The molecule has 0 saturated carbocycles. The maximum absolute atomic E-state index is 11.1. The molecule has 2 N–H and O–H groups in total. The van der Waals surface area contributed by atoms with Gasteiger partial charge in [-0.25, -0.2) is 0 Å². The maximum Gasteiger partial charge on any atom is 0.236 e. The third kappa shape index (κ3) is 4.07. The molecule has 1 aliphatic heterocycles. The summed E-state index contributed by atoms with van der Waals surface area (Å²) in [5.41, 5.74) is 5.27. The number of nitrogens with zero attached hydrogens (tertiary/aromatic N) is 2. The highest BCUT2D eigenvalue weighted by Crippen LogP contribution is 2.00. The molecular weight excluding hydrogens is 178 g/mol. The molecular formula is C10H23N3O. The van der Waals surface area contributed by atoms with Gasteiger partial charge in [0, 0.05) is 26.2 Å². The highest BCUT2D eigenvalue weighted by atomic mass is 16.2. The van der Waals surface area contributed by atoms with Crippen LogP contribution in [0.3, 0.4) is 0 Å². The number of piperazine rings is 1. The molecule has 0 atom stereocenters. The van der Waals surface area contributed by atoms with Gasteiger partial charge in [0.05, 0.1) is 6.54 Å². The van der Waals surface area contributed by atoms with E-state index in [0.29, 0.717) is 0 Å². The van der Waals surface area contributed by atoms with E-state index in [0.717, 1.165) is 32.7 Å². The summed E-state index contributed by atoms with van der Waals surface area (Å²) in [7, 11) is 0. The molecule has 1 amide bonds. The van der Waals surface area contributed by atoms with E-state index in [1.54, 1.807) is 0 Å². The zero-order valence-electron chi connectivity index (χ0n) is 9.62. The van der Waals surface area contributed by atoms with Gasteiger partial charge in [-0.05, 0) is 6.54 Å². The minimum Gasteiger partial charge on any atom is -0.339 e. The van der Waals surface area contributed by atoms with E-state index in [9.17, 15) is 4.79 Å². The number of likely N-dealkylation sites (N-methyl/N-ethyl adjacent to an activating group) is 1. The lowest BCUT2D eigenvalue weighted by Gasteiger charge is -2.33. The predicted molar refractivity (Wildman–Crippen MR) is 59.1 cm³/mol. The number of nitrogens with two attached hydrogens (primary N) is 1. The monoisotopic (exact) mass is 201 g/mol. The number of hydrogen-bond acceptors (Lipinski definition) is 3. The minimum atomic E-state index is 0.0748. The molecule has 1 rings (SSSR count). The van der Waals surface area contributed by atoms with Crippen LogP contribution in [-0.2, 0) is 4.79 Å². The summed E-state index contributed by atoms with van der Waals surface area (Å²) in [6.07, 6.45) is 0. The summed E-state index contributed by atoms with van der Waals surface area (Å²) >= 11 is 0. The van der Waals surface area contributed by atoms with Crippen LogP contribution in [0.2, 0.25) is 0 Å². The van der Waals surface area contributed by atoms with Crippen molar-refractivity contribution >= 4 is 5.91 Å². The molecule has 1 aliphatic rings. The van der Waals surface area contributed by atoms with Gasteiger partial charge in [0.2, 0.25) is 5.91 Å². The Balaban J connectivity index is 0.000000791. The lowest BCUT2D eigenvalue weighted by Crippen LogP contribution is -2.50. The third-order valence-electron chi connectivity index (χ3n) is 2.35. The number of hydrogen-bond donors (Lipinski definition) is 1. The normalized spacial score (nSPS) is 17.3. The predicted octanol–water partition coefficient (Wildman–Crippen LogP) is 0.135. The van der Waals surface area contributed by atoms with Crippen LogP contribution < -0.4 is 5.73 Å². The van der Waals surface area contributed by atoms with Gasteiger partial charge < -0.3 is 15.5 Å². The molecule has 0 aliphatic carbocycles. The first kappa shape index (κ1) is 13.4. The van der Waals surface area contributed by atoms with Crippen molar-refractivity contribution in [3.63, 3.8) is 0 Å². The number of rotatable bonds is 2. The number of carbonyl (C=O) groups is 1. The van der Waals surface area contributed by atoms with Crippen LogP contribution in [0.4, 0.5) is 0 Å². The largest absolute Gasteiger partial charge is 0.339 e. The lowest BCUT2D eigenvalue weighted by atomic mass is 10.3. The van der Waals surface area contributed by atoms with Gasteiger partial charge in [0.1, 0.15) is 0 Å². The molecule has 14 heavy (non-hydrogen) atoms. The highest BCUT2D eigenvalue weighted by molar-refractivity contribution is 5.78. The lowest BCUT2D eigenvalue weighted by molar-refractivity contribution is -0.131. The molecule has 4 nitrogen and oxygen atoms in total. The average Bonchev–Trinajstić information content (AvgIpc) is 2.31. The fourth-order valence-corrected chi connectivity index (χ4v) is 1.44. The van der Waals surface area contributed by atoms with Gasteiger partial charge in [0.25, 0.3) is 0 Å². The molecule has 1 saturated heterocycles. The Labute approximate surface area is 87.0 Å². The van der Waals surface area contributed by atoms with E-state index in [4.69, 9.17) is 5.73 Å². The Morgan fingerprint density at radius 2 is 1.71 bits per heavy atom. The van der Waals surface area contributed by atoms with E-state index in [1.807, 2.05) is 18.7 Å². The SMILES string of the molecule is CC.CCN1CCN(C(=O)CN)CC1. The summed E-state index contributed by atoms with van der Waals surface area (Å²) < 4.78 is 0. The quantitative estimate of drug-likeness (QED) is 0.691. The average molecular weight is 201 g/mol. The summed E-state index contributed by atoms with van der Waals surface area (Å²) in [4.78, 5) is 15.3. The van der Waals surface area contributed by atoms with Crippen molar-refractivity contribution in [3.05, 3.63) is 0 Å². The first-order valence-electron chi connectivity index (χ1n) is 5.48. The summed E-state index contributed by atoms with van der Waals surface area (Å²) in [6.45, 7) is 11.0. The molecule has 0 unspecified atom stereocenters. The van der Waals surface area contributed by atoms with Crippen molar-refractivity contribution in [2.45, 2.75) is 20.8 Å². The molecule has 0 aromatic heterocycles. The van der Waals surface area contributed by atoms with Crippen LogP contribution in [0.5, 0.6) is 0 Å². The third-order valence-corrected chi connectivity index (χ3v) is 2.35. The fraction of sp³-hybridized carbons (Fsp3) is 0.900. The van der Waals surface area contributed by atoms with Crippen molar-refractivity contribution in [2.75, 3.05) is 39.3 Å². The van der Waals surface area contributed by atoms with Gasteiger partial charge in [-0.1, -0.05) is 20.8 Å². The highest BCUT2D eigenvalue weighted by Gasteiger charge is 2.18. The standard InChI is InChI=1S/C8H17N3O.C2H6/c1-2-10-3-5-11(6-4-10)8(12)7-9;1-2/h2-7,9H2,1H3;1-2H3. The van der Waals surface area contributed by atoms with E-state index in [2.05, 4.69) is 11.8 Å². The second-order valence-corrected chi connectivity index (χ2v) is 3.02. The van der Waals surface area contributed by atoms with Gasteiger partial charge in [0.15, 0.2) is 0 Å². The first-order chi connectivity index (χ1) is 6.77. The van der Waals surface area contributed by atoms with Gasteiger partial charge >= 0.3 is 0 Å². The van der Waals surface area contributed by atoms with Crippen LogP contribution >= 0.6 is 0 Å². The topological polar surface area (TPSA) is 49.6 Å². The zero-order valence-corrected chi connectivity index (χ0v) is 9.62. The second-order valence-electron chi connectivity index (χ2n) is 3.02.